The third-order valence-corrected chi connectivity index (χ3v) is 3.49. The summed E-state index contributed by atoms with van der Waals surface area (Å²) in [5.41, 5.74) is 4.31. The van der Waals surface area contributed by atoms with Gasteiger partial charge in [0, 0.05) is 37.6 Å². The molecule has 0 aliphatic carbocycles. The molecule has 4 nitrogen and oxygen atoms in total. The van der Waals surface area contributed by atoms with Crippen LogP contribution in [0.25, 0.3) is 5.57 Å². The number of fused-ring (bicyclic) bond motifs is 1. The molecule has 96 valence electrons. The standard InChI is InChI=1S/C15H15N3O/c1-17-9-14(11-7-16-18(2)8-11)12-5-3-4-6-13(12)15(17)10-19/h3-10,15H,1-2H3. The first-order chi connectivity index (χ1) is 9.20. The van der Waals surface area contributed by atoms with Crippen molar-refractivity contribution >= 4 is 11.9 Å². The van der Waals surface area contributed by atoms with Crippen molar-refractivity contribution in [3.8, 4) is 0 Å². The van der Waals surface area contributed by atoms with Gasteiger partial charge in [-0.1, -0.05) is 24.3 Å². The summed E-state index contributed by atoms with van der Waals surface area (Å²) < 4.78 is 1.78. The Bertz CT molecular complexity index is 657. The van der Waals surface area contributed by atoms with Gasteiger partial charge in [0.2, 0.25) is 0 Å². The molecule has 19 heavy (non-hydrogen) atoms. The first kappa shape index (κ1) is 11.7. The zero-order chi connectivity index (χ0) is 13.4. The van der Waals surface area contributed by atoms with Gasteiger partial charge in [-0.25, -0.2) is 0 Å². The van der Waals surface area contributed by atoms with E-state index >= 15 is 0 Å². The molecule has 0 N–H and O–H groups in total. The molecular formula is C15H15N3O. The maximum Gasteiger partial charge on any atom is 0.146 e. The fraction of sp³-hybridized carbons (Fsp3) is 0.200. The summed E-state index contributed by atoms with van der Waals surface area (Å²) in [6.07, 6.45) is 6.82. The molecular weight excluding hydrogens is 238 g/mol. The molecule has 1 aliphatic heterocycles. The summed E-state index contributed by atoms with van der Waals surface area (Å²) >= 11 is 0. The summed E-state index contributed by atoms with van der Waals surface area (Å²) in [6, 6.07) is 7.81. The van der Waals surface area contributed by atoms with Gasteiger partial charge in [0.05, 0.1) is 6.20 Å². The van der Waals surface area contributed by atoms with Crippen LogP contribution < -0.4 is 0 Å². The van der Waals surface area contributed by atoms with Crippen LogP contribution in [0, 0.1) is 0 Å². The molecule has 0 bridgehead atoms. The minimum Gasteiger partial charge on any atom is -0.366 e. The van der Waals surface area contributed by atoms with E-state index in [1.807, 2.05) is 55.8 Å². The van der Waals surface area contributed by atoms with E-state index in [9.17, 15) is 4.79 Å². The smallest absolute Gasteiger partial charge is 0.146 e. The zero-order valence-corrected chi connectivity index (χ0v) is 10.9. The maximum absolute atomic E-state index is 11.3. The quantitative estimate of drug-likeness (QED) is 0.768. The van der Waals surface area contributed by atoms with Gasteiger partial charge in [0.15, 0.2) is 0 Å². The Labute approximate surface area is 112 Å². The number of hydrogen-bond donors (Lipinski definition) is 0. The zero-order valence-electron chi connectivity index (χ0n) is 10.9. The van der Waals surface area contributed by atoms with Crippen molar-refractivity contribution in [3.63, 3.8) is 0 Å². The van der Waals surface area contributed by atoms with E-state index in [0.717, 1.165) is 28.5 Å². The van der Waals surface area contributed by atoms with Gasteiger partial charge in [-0.15, -0.1) is 0 Å². The van der Waals surface area contributed by atoms with Crippen LogP contribution in [0.2, 0.25) is 0 Å². The molecule has 0 saturated carbocycles. The summed E-state index contributed by atoms with van der Waals surface area (Å²) in [5, 5.41) is 4.22. The lowest BCUT2D eigenvalue weighted by Gasteiger charge is -2.30. The van der Waals surface area contributed by atoms with Gasteiger partial charge in [-0.3, -0.25) is 4.68 Å². The highest BCUT2D eigenvalue weighted by atomic mass is 16.1. The average molecular weight is 253 g/mol. The first-order valence-corrected chi connectivity index (χ1v) is 6.18. The number of nitrogens with zero attached hydrogens (tertiary/aromatic N) is 3. The normalized spacial score (nSPS) is 17.9. The van der Waals surface area contributed by atoms with Crippen LogP contribution in [-0.4, -0.2) is 28.0 Å². The summed E-state index contributed by atoms with van der Waals surface area (Å²) in [5.74, 6) is 0. The Balaban J connectivity index is 2.18. The van der Waals surface area contributed by atoms with Crippen molar-refractivity contribution in [2.45, 2.75) is 6.04 Å². The van der Waals surface area contributed by atoms with E-state index in [4.69, 9.17) is 0 Å². The van der Waals surface area contributed by atoms with Crippen molar-refractivity contribution < 1.29 is 4.79 Å². The van der Waals surface area contributed by atoms with Crippen LogP contribution in [0.4, 0.5) is 0 Å². The summed E-state index contributed by atoms with van der Waals surface area (Å²) in [4.78, 5) is 13.2. The SMILES string of the molecule is CN1C=C(c2cnn(C)c2)c2ccccc2C1C=O. The molecule has 0 radical (unpaired) electrons. The number of carbonyl (C=O) groups is 1. The van der Waals surface area contributed by atoms with Crippen LogP contribution in [0.5, 0.6) is 0 Å². The number of carbonyl (C=O) groups excluding carboxylic acids is 1. The number of aldehydes is 1. The Hall–Kier alpha value is -2.36. The fourth-order valence-corrected chi connectivity index (χ4v) is 2.53. The van der Waals surface area contributed by atoms with Gasteiger partial charge >= 0.3 is 0 Å². The predicted molar refractivity (Wildman–Crippen MR) is 73.3 cm³/mol. The molecule has 3 rings (SSSR count). The maximum atomic E-state index is 11.3. The lowest BCUT2D eigenvalue weighted by Crippen LogP contribution is -2.25. The highest BCUT2D eigenvalue weighted by Gasteiger charge is 2.25. The van der Waals surface area contributed by atoms with Crippen molar-refractivity contribution in [2.75, 3.05) is 7.05 Å². The molecule has 1 unspecified atom stereocenters. The third kappa shape index (κ3) is 1.85. The van der Waals surface area contributed by atoms with Gasteiger partial charge in [0.1, 0.15) is 12.3 Å². The van der Waals surface area contributed by atoms with Gasteiger partial charge < -0.3 is 9.69 Å². The Kier molecular flexibility index (Phi) is 2.71. The number of aromatic nitrogens is 2. The number of benzene rings is 1. The molecule has 0 amide bonds. The average Bonchev–Trinajstić information content (AvgIpc) is 2.84. The van der Waals surface area contributed by atoms with Gasteiger partial charge in [-0.2, -0.15) is 5.10 Å². The number of rotatable bonds is 2. The molecule has 1 aliphatic rings. The second kappa shape index (κ2) is 4.39. The molecule has 1 aromatic heterocycles. The van der Waals surface area contributed by atoms with E-state index in [0.29, 0.717) is 0 Å². The molecule has 2 aromatic rings. The molecule has 4 heteroatoms. The second-order valence-corrected chi connectivity index (χ2v) is 4.78. The van der Waals surface area contributed by atoms with Crippen LogP contribution in [0.15, 0.2) is 42.9 Å². The molecule has 0 fully saturated rings. The first-order valence-electron chi connectivity index (χ1n) is 6.18. The van der Waals surface area contributed by atoms with E-state index in [1.165, 1.54) is 0 Å². The highest BCUT2D eigenvalue weighted by Crippen LogP contribution is 2.35. The van der Waals surface area contributed by atoms with Crippen molar-refractivity contribution in [1.29, 1.82) is 0 Å². The van der Waals surface area contributed by atoms with E-state index < -0.39 is 0 Å². The molecule has 2 heterocycles. The Morgan fingerprint density at radius 3 is 2.74 bits per heavy atom. The van der Waals surface area contributed by atoms with Crippen LogP contribution in [0.3, 0.4) is 0 Å². The number of aryl methyl sites for hydroxylation is 1. The largest absolute Gasteiger partial charge is 0.366 e. The number of likely N-dealkylation sites (N-methyl/N-ethyl adjacent to an activating group) is 1. The topological polar surface area (TPSA) is 38.1 Å². The Morgan fingerprint density at radius 1 is 1.26 bits per heavy atom. The van der Waals surface area contributed by atoms with E-state index in [1.54, 1.807) is 4.68 Å². The third-order valence-electron chi connectivity index (χ3n) is 3.49. The second-order valence-electron chi connectivity index (χ2n) is 4.78. The van der Waals surface area contributed by atoms with Crippen molar-refractivity contribution in [3.05, 3.63) is 59.5 Å². The molecule has 0 saturated heterocycles. The minimum atomic E-state index is -0.211. The van der Waals surface area contributed by atoms with E-state index in [-0.39, 0.29) is 6.04 Å². The van der Waals surface area contributed by atoms with E-state index in [2.05, 4.69) is 11.2 Å². The summed E-state index contributed by atoms with van der Waals surface area (Å²) in [6.45, 7) is 0. The molecule has 1 atom stereocenters. The molecule has 1 aromatic carbocycles. The number of hydrogen-bond acceptors (Lipinski definition) is 3. The lowest BCUT2D eigenvalue weighted by atomic mass is 9.89. The highest BCUT2D eigenvalue weighted by molar-refractivity contribution is 5.84. The summed E-state index contributed by atoms with van der Waals surface area (Å²) in [7, 11) is 3.82. The Morgan fingerprint density at radius 2 is 2.05 bits per heavy atom. The monoisotopic (exact) mass is 253 g/mol. The lowest BCUT2D eigenvalue weighted by molar-refractivity contribution is -0.111. The van der Waals surface area contributed by atoms with Crippen LogP contribution in [-0.2, 0) is 11.8 Å². The molecule has 0 spiro atoms. The van der Waals surface area contributed by atoms with Gasteiger partial charge in [0.25, 0.3) is 0 Å². The fourth-order valence-electron chi connectivity index (χ4n) is 2.53. The van der Waals surface area contributed by atoms with Crippen molar-refractivity contribution in [2.24, 2.45) is 7.05 Å². The van der Waals surface area contributed by atoms with Crippen LogP contribution >= 0.6 is 0 Å². The van der Waals surface area contributed by atoms with Crippen LogP contribution in [0.1, 0.15) is 22.7 Å². The minimum absolute atomic E-state index is 0.211. The van der Waals surface area contributed by atoms with Gasteiger partial charge in [-0.05, 0) is 11.1 Å². The van der Waals surface area contributed by atoms with Crippen molar-refractivity contribution in [1.82, 2.24) is 14.7 Å². The predicted octanol–water partition coefficient (Wildman–Crippen LogP) is 1.99.